The highest BCUT2D eigenvalue weighted by atomic mass is 32.1. The van der Waals surface area contributed by atoms with Crippen LogP contribution < -0.4 is 10.1 Å². The van der Waals surface area contributed by atoms with E-state index in [-0.39, 0.29) is 0 Å². The van der Waals surface area contributed by atoms with Crippen LogP contribution >= 0.6 is 11.3 Å². The van der Waals surface area contributed by atoms with Crippen molar-refractivity contribution >= 4 is 11.3 Å². The molecule has 1 atom stereocenters. The number of nitrogens with zero attached hydrogens (tertiary/aromatic N) is 1. The van der Waals surface area contributed by atoms with E-state index in [1.54, 1.807) is 18.4 Å². The van der Waals surface area contributed by atoms with Crippen molar-refractivity contribution in [3.05, 3.63) is 45.9 Å². The van der Waals surface area contributed by atoms with Gasteiger partial charge in [-0.2, -0.15) is 0 Å². The van der Waals surface area contributed by atoms with Gasteiger partial charge in [0.25, 0.3) is 0 Å². The first-order valence-electron chi connectivity index (χ1n) is 7.51. The second-order valence-electron chi connectivity index (χ2n) is 5.24. The van der Waals surface area contributed by atoms with Crippen LogP contribution in [0.4, 0.5) is 0 Å². The van der Waals surface area contributed by atoms with Gasteiger partial charge in [-0.25, -0.2) is 4.98 Å². The number of benzene rings is 1. The van der Waals surface area contributed by atoms with Crippen LogP contribution in [0.1, 0.15) is 35.7 Å². The molecule has 1 aromatic carbocycles. The average molecular weight is 304 g/mol. The largest absolute Gasteiger partial charge is 0.497 e. The smallest absolute Gasteiger partial charge is 0.118 e. The second-order valence-corrected chi connectivity index (χ2v) is 6.44. The molecule has 0 saturated carbocycles. The minimum absolute atomic E-state index is 0.487. The van der Waals surface area contributed by atoms with Gasteiger partial charge in [-0.1, -0.05) is 19.1 Å². The Bertz CT molecular complexity index is 536. The normalized spacial score (nSPS) is 12.3. The molecule has 2 rings (SSSR count). The molecule has 0 saturated heterocycles. The zero-order chi connectivity index (χ0) is 15.1. The Morgan fingerprint density at radius 3 is 2.67 bits per heavy atom. The molecule has 0 amide bonds. The molecule has 0 aliphatic carbocycles. The summed E-state index contributed by atoms with van der Waals surface area (Å²) in [7, 11) is 1.70. The van der Waals surface area contributed by atoms with E-state index >= 15 is 0 Å². The number of aryl methyl sites for hydroxylation is 2. The monoisotopic (exact) mass is 304 g/mol. The topological polar surface area (TPSA) is 34.2 Å². The van der Waals surface area contributed by atoms with Crippen molar-refractivity contribution in [3.63, 3.8) is 0 Å². The lowest BCUT2D eigenvalue weighted by Crippen LogP contribution is -2.25. The summed E-state index contributed by atoms with van der Waals surface area (Å²) >= 11 is 1.81. The van der Waals surface area contributed by atoms with Gasteiger partial charge in [0.05, 0.1) is 7.11 Å². The first-order chi connectivity index (χ1) is 10.2. The van der Waals surface area contributed by atoms with E-state index in [9.17, 15) is 0 Å². The maximum Gasteiger partial charge on any atom is 0.118 e. The van der Waals surface area contributed by atoms with Crippen molar-refractivity contribution in [1.82, 2.24) is 10.3 Å². The Balaban J connectivity index is 1.72. The van der Waals surface area contributed by atoms with Crippen LogP contribution in [0, 0.1) is 0 Å². The van der Waals surface area contributed by atoms with E-state index in [1.165, 1.54) is 15.4 Å². The highest BCUT2D eigenvalue weighted by molar-refractivity contribution is 7.11. The van der Waals surface area contributed by atoms with Crippen molar-refractivity contribution in [2.75, 3.05) is 7.11 Å². The van der Waals surface area contributed by atoms with Gasteiger partial charge in [0.15, 0.2) is 0 Å². The fourth-order valence-electron chi connectivity index (χ4n) is 2.13. The predicted octanol–water partition coefficient (Wildman–Crippen LogP) is 3.83. The summed E-state index contributed by atoms with van der Waals surface area (Å²) in [6.45, 7) is 5.27. The van der Waals surface area contributed by atoms with Gasteiger partial charge in [-0.05, 0) is 43.9 Å². The molecule has 1 heterocycles. The summed E-state index contributed by atoms with van der Waals surface area (Å²) in [6.07, 6.45) is 5.27. The molecule has 2 aromatic rings. The number of nitrogens with one attached hydrogen (secondary N) is 1. The van der Waals surface area contributed by atoms with Crippen molar-refractivity contribution in [3.8, 4) is 5.75 Å². The summed E-state index contributed by atoms with van der Waals surface area (Å²) in [5.74, 6) is 0.917. The summed E-state index contributed by atoms with van der Waals surface area (Å²) in [6, 6.07) is 8.81. The van der Waals surface area contributed by atoms with E-state index in [0.717, 1.165) is 31.6 Å². The third-order valence-corrected chi connectivity index (χ3v) is 4.72. The lowest BCUT2D eigenvalue weighted by atomic mass is 10.1. The first-order valence-corrected chi connectivity index (χ1v) is 8.32. The zero-order valence-electron chi connectivity index (χ0n) is 13.1. The van der Waals surface area contributed by atoms with Crippen molar-refractivity contribution in [2.24, 2.45) is 0 Å². The van der Waals surface area contributed by atoms with Crippen LogP contribution in [0.3, 0.4) is 0 Å². The average Bonchev–Trinajstić information content (AvgIpc) is 2.99. The van der Waals surface area contributed by atoms with Gasteiger partial charge < -0.3 is 10.1 Å². The number of thiazole rings is 1. The number of hydrogen-bond donors (Lipinski definition) is 1. The summed E-state index contributed by atoms with van der Waals surface area (Å²) in [5.41, 5.74) is 1.35. The first kappa shape index (κ1) is 16.0. The third kappa shape index (κ3) is 5.14. The SMILES string of the molecule is CCc1cnc(CNC(C)CCc2ccc(OC)cc2)s1. The van der Waals surface area contributed by atoms with Crippen LogP contribution in [0.5, 0.6) is 5.75 Å². The van der Waals surface area contributed by atoms with Gasteiger partial charge >= 0.3 is 0 Å². The zero-order valence-corrected chi connectivity index (χ0v) is 13.9. The van der Waals surface area contributed by atoms with E-state index in [0.29, 0.717) is 6.04 Å². The van der Waals surface area contributed by atoms with Gasteiger partial charge in [-0.15, -0.1) is 11.3 Å². The lowest BCUT2D eigenvalue weighted by Gasteiger charge is -2.12. The maximum absolute atomic E-state index is 5.18. The second kappa shape index (κ2) is 8.15. The Kier molecular flexibility index (Phi) is 6.21. The highest BCUT2D eigenvalue weighted by Crippen LogP contribution is 2.15. The number of hydrogen-bond acceptors (Lipinski definition) is 4. The molecular formula is C17H24N2OS. The lowest BCUT2D eigenvalue weighted by molar-refractivity contribution is 0.414. The molecule has 3 nitrogen and oxygen atoms in total. The van der Waals surface area contributed by atoms with E-state index in [4.69, 9.17) is 4.74 Å². The Morgan fingerprint density at radius 2 is 2.05 bits per heavy atom. The Morgan fingerprint density at radius 1 is 1.29 bits per heavy atom. The fourth-order valence-corrected chi connectivity index (χ4v) is 2.95. The summed E-state index contributed by atoms with van der Waals surface area (Å²) < 4.78 is 5.18. The Hall–Kier alpha value is -1.39. The number of aromatic nitrogens is 1. The van der Waals surface area contributed by atoms with Crippen LogP contribution in [0.2, 0.25) is 0 Å². The number of rotatable bonds is 8. The summed E-state index contributed by atoms with van der Waals surface area (Å²) in [5, 5.41) is 4.74. The molecule has 1 unspecified atom stereocenters. The Labute approximate surface area is 131 Å². The fraction of sp³-hybridized carbons (Fsp3) is 0.471. The molecule has 0 radical (unpaired) electrons. The van der Waals surface area contributed by atoms with Gasteiger partial charge in [-0.3, -0.25) is 0 Å². The van der Waals surface area contributed by atoms with Gasteiger partial charge in [0, 0.05) is 23.7 Å². The van der Waals surface area contributed by atoms with Gasteiger partial charge in [0.1, 0.15) is 10.8 Å². The highest BCUT2D eigenvalue weighted by Gasteiger charge is 2.05. The van der Waals surface area contributed by atoms with Crippen molar-refractivity contribution < 1.29 is 4.74 Å². The molecule has 114 valence electrons. The quantitative estimate of drug-likeness (QED) is 0.805. The molecule has 0 fully saturated rings. The molecule has 0 spiro atoms. The predicted molar refractivity (Wildman–Crippen MR) is 89.1 cm³/mol. The van der Waals surface area contributed by atoms with Crippen LogP contribution in [0.25, 0.3) is 0 Å². The van der Waals surface area contributed by atoms with E-state index in [1.807, 2.05) is 18.3 Å². The molecule has 1 N–H and O–H groups in total. The molecule has 0 aliphatic rings. The minimum Gasteiger partial charge on any atom is -0.497 e. The van der Waals surface area contributed by atoms with Crippen molar-refractivity contribution in [2.45, 2.75) is 45.7 Å². The molecule has 4 heteroatoms. The molecule has 0 aliphatic heterocycles. The van der Waals surface area contributed by atoms with Crippen molar-refractivity contribution in [1.29, 1.82) is 0 Å². The summed E-state index contributed by atoms with van der Waals surface area (Å²) in [4.78, 5) is 5.80. The van der Waals surface area contributed by atoms with Crippen LogP contribution in [0.15, 0.2) is 30.5 Å². The van der Waals surface area contributed by atoms with E-state index in [2.05, 4.69) is 36.3 Å². The molecule has 21 heavy (non-hydrogen) atoms. The van der Waals surface area contributed by atoms with Crippen LogP contribution in [-0.2, 0) is 19.4 Å². The number of ether oxygens (including phenoxy) is 1. The maximum atomic E-state index is 5.18. The minimum atomic E-state index is 0.487. The number of methoxy groups -OCH3 is 1. The molecule has 0 bridgehead atoms. The molecular weight excluding hydrogens is 280 g/mol. The van der Waals surface area contributed by atoms with Gasteiger partial charge in [0.2, 0.25) is 0 Å². The third-order valence-electron chi connectivity index (χ3n) is 3.58. The van der Waals surface area contributed by atoms with Crippen LogP contribution in [-0.4, -0.2) is 18.1 Å². The standard InChI is InChI=1S/C17H24N2OS/c1-4-16-11-19-17(21-16)12-18-13(2)5-6-14-7-9-15(20-3)10-8-14/h7-11,13,18H,4-6,12H2,1-3H3. The molecule has 1 aromatic heterocycles. The van der Waals surface area contributed by atoms with E-state index < -0.39 is 0 Å².